The van der Waals surface area contributed by atoms with Crippen molar-refractivity contribution in [1.82, 2.24) is 5.32 Å². The van der Waals surface area contributed by atoms with Gasteiger partial charge in [0.15, 0.2) is 0 Å². The molecule has 0 rings (SSSR count). The second-order valence-electron chi connectivity index (χ2n) is 5.71. The topological polar surface area (TPSA) is 64.3 Å². The second kappa shape index (κ2) is 12.2. The SMILES string of the molecule is CCCCCCCOCCCCC(C)(NCC)C(N)=O. The molecule has 0 aromatic heterocycles. The van der Waals surface area contributed by atoms with Gasteiger partial charge in [-0.05, 0) is 39.2 Å². The summed E-state index contributed by atoms with van der Waals surface area (Å²) in [5.74, 6) is -0.267. The van der Waals surface area contributed by atoms with Crippen LogP contribution in [0.3, 0.4) is 0 Å². The van der Waals surface area contributed by atoms with E-state index in [9.17, 15) is 4.79 Å². The number of nitrogens with one attached hydrogen (secondary N) is 1. The molecule has 0 fully saturated rings. The predicted octanol–water partition coefficient (Wildman–Crippen LogP) is 3.00. The van der Waals surface area contributed by atoms with Crippen LogP contribution in [0.25, 0.3) is 0 Å². The van der Waals surface area contributed by atoms with Gasteiger partial charge in [-0.3, -0.25) is 4.79 Å². The highest BCUT2D eigenvalue weighted by Gasteiger charge is 2.28. The average Bonchev–Trinajstić information content (AvgIpc) is 2.41. The zero-order valence-corrected chi connectivity index (χ0v) is 13.7. The van der Waals surface area contributed by atoms with Crippen LogP contribution >= 0.6 is 0 Å². The molecular weight excluding hydrogens is 252 g/mol. The van der Waals surface area contributed by atoms with Crippen molar-refractivity contribution in [1.29, 1.82) is 0 Å². The molecule has 0 aliphatic rings. The highest BCUT2D eigenvalue weighted by Crippen LogP contribution is 2.13. The van der Waals surface area contributed by atoms with E-state index in [0.717, 1.165) is 45.4 Å². The van der Waals surface area contributed by atoms with Crippen LogP contribution < -0.4 is 11.1 Å². The molecule has 0 aliphatic heterocycles. The number of hydrogen-bond donors (Lipinski definition) is 2. The Bertz CT molecular complexity index is 247. The molecule has 0 radical (unpaired) electrons. The Morgan fingerprint density at radius 2 is 1.65 bits per heavy atom. The molecule has 4 nitrogen and oxygen atoms in total. The number of amides is 1. The summed E-state index contributed by atoms with van der Waals surface area (Å²) in [6.07, 6.45) is 9.09. The van der Waals surface area contributed by atoms with Gasteiger partial charge in [-0.1, -0.05) is 39.5 Å². The van der Waals surface area contributed by atoms with Crippen LogP contribution in [0.1, 0.15) is 72.1 Å². The normalized spacial score (nSPS) is 14.2. The summed E-state index contributed by atoms with van der Waals surface area (Å²) in [5, 5.41) is 3.17. The molecule has 1 atom stereocenters. The first-order chi connectivity index (χ1) is 9.56. The largest absolute Gasteiger partial charge is 0.381 e. The highest BCUT2D eigenvalue weighted by atomic mass is 16.5. The number of likely N-dealkylation sites (N-methyl/N-ethyl adjacent to an activating group) is 1. The average molecular weight is 286 g/mol. The molecule has 1 amide bonds. The fourth-order valence-corrected chi connectivity index (χ4v) is 2.28. The monoisotopic (exact) mass is 286 g/mol. The van der Waals surface area contributed by atoms with Crippen molar-refractivity contribution in [2.24, 2.45) is 5.73 Å². The van der Waals surface area contributed by atoms with Crippen molar-refractivity contribution >= 4 is 5.91 Å². The second-order valence-corrected chi connectivity index (χ2v) is 5.71. The van der Waals surface area contributed by atoms with E-state index in [-0.39, 0.29) is 5.91 Å². The smallest absolute Gasteiger partial charge is 0.237 e. The summed E-state index contributed by atoms with van der Waals surface area (Å²) >= 11 is 0. The third-order valence-corrected chi connectivity index (χ3v) is 3.72. The van der Waals surface area contributed by atoms with E-state index < -0.39 is 5.54 Å². The number of carbonyl (C=O) groups is 1. The molecule has 0 bridgehead atoms. The van der Waals surface area contributed by atoms with Crippen LogP contribution in [0.4, 0.5) is 0 Å². The molecule has 4 heteroatoms. The Morgan fingerprint density at radius 3 is 2.20 bits per heavy atom. The summed E-state index contributed by atoms with van der Waals surface area (Å²) in [4.78, 5) is 11.4. The zero-order chi connectivity index (χ0) is 15.3. The van der Waals surface area contributed by atoms with E-state index in [0.29, 0.717) is 0 Å². The quantitative estimate of drug-likeness (QED) is 0.482. The fourth-order valence-electron chi connectivity index (χ4n) is 2.28. The minimum absolute atomic E-state index is 0.267. The van der Waals surface area contributed by atoms with Crippen molar-refractivity contribution in [3.05, 3.63) is 0 Å². The van der Waals surface area contributed by atoms with Crippen molar-refractivity contribution < 1.29 is 9.53 Å². The third kappa shape index (κ3) is 9.32. The lowest BCUT2D eigenvalue weighted by atomic mass is 9.94. The van der Waals surface area contributed by atoms with Crippen molar-refractivity contribution in [3.63, 3.8) is 0 Å². The molecule has 0 heterocycles. The predicted molar refractivity (Wildman–Crippen MR) is 84.7 cm³/mol. The van der Waals surface area contributed by atoms with Crippen molar-refractivity contribution in [2.45, 2.75) is 77.7 Å². The lowest BCUT2D eigenvalue weighted by Crippen LogP contribution is -2.52. The van der Waals surface area contributed by atoms with Gasteiger partial charge in [0.2, 0.25) is 5.91 Å². The van der Waals surface area contributed by atoms with Crippen LogP contribution in [0.15, 0.2) is 0 Å². The lowest BCUT2D eigenvalue weighted by molar-refractivity contribution is -0.124. The standard InChI is InChI=1S/C16H34N2O2/c1-4-6-7-8-10-13-20-14-11-9-12-16(3,15(17)19)18-5-2/h18H,4-14H2,1-3H3,(H2,17,19). The Labute approximate surface area is 124 Å². The van der Waals surface area contributed by atoms with E-state index in [1.54, 1.807) is 0 Å². The molecule has 120 valence electrons. The number of ether oxygens (including phenoxy) is 1. The van der Waals surface area contributed by atoms with Gasteiger partial charge >= 0.3 is 0 Å². The minimum Gasteiger partial charge on any atom is -0.381 e. The van der Waals surface area contributed by atoms with Crippen LogP contribution in [-0.4, -0.2) is 31.2 Å². The Hall–Kier alpha value is -0.610. The molecular formula is C16H34N2O2. The lowest BCUT2D eigenvalue weighted by Gasteiger charge is -2.26. The van der Waals surface area contributed by atoms with E-state index in [4.69, 9.17) is 10.5 Å². The number of nitrogens with two attached hydrogens (primary N) is 1. The van der Waals surface area contributed by atoms with Crippen LogP contribution in [0.2, 0.25) is 0 Å². The molecule has 0 saturated heterocycles. The summed E-state index contributed by atoms with van der Waals surface area (Å²) in [6.45, 7) is 8.51. The molecule has 0 aromatic rings. The van der Waals surface area contributed by atoms with E-state index >= 15 is 0 Å². The Balaban J connectivity index is 3.48. The van der Waals surface area contributed by atoms with Crippen LogP contribution in [0.5, 0.6) is 0 Å². The zero-order valence-electron chi connectivity index (χ0n) is 13.7. The minimum atomic E-state index is -0.575. The van der Waals surface area contributed by atoms with Gasteiger partial charge in [0.1, 0.15) is 0 Å². The number of carbonyl (C=O) groups excluding carboxylic acids is 1. The number of primary amides is 1. The van der Waals surface area contributed by atoms with E-state index in [1.165, 1.54) is 25.7 Å². The summed E-state index contributed by atoms with van der Waals surface area (Å²) in [6, 6.07) is 0. The molecule has 3 N–H and O–H groups in total. The first kappa shape index (κ1) is 19.4. The number of unbranched alkanes of at least 4 members (excludes halogenated alkanes) is 5. The van der Waals surface area contributed by atoms with Crippen LogP contribution in [-0.2, 0) is 9.53 Å². The molecule has 0 aromatic carbocycles. The first-order valence-electron chi connectivity index (χ1n) is 8.19. The summed E-state index contributed by atoms with van der Waals surface area (Å²) in [7, 11) is 0. The van der Waals surface area contributed by atoms with E-state index in [1.807, 2.05) is 13.8 Å². The number of hydrogen-bond acceptors (Lipinski definition) is 3. The van der Waals surface area contributed by atoms with Gasteiger partial charge in [-0.2, -0.15) is 0 Å². The Kier molecular flexibility index (Phi) is 11.8. The van der Waals surface area contributed by atoms with Crippen molar-refractivity contribution in [2.75, 3.05) is 19.8 Å². The third-order valence-electron chi connectivity index (χ3n) is 3.72. The Morgan fingerprint density at radius 1 is 1.05 bits per heavy atom. The van der Waals surface area contributed by atoms with Gasteiger partial charge in [0, 0.05) is 13.2 Å². The van der Waals surface area contributed by atoms with Crippen LogP contribution in [0, 0.1) is 0 Å². The van der Waals surface area contributed by atoms with Gasteiger partial charge < -0.3 is 15.8 Å². The summed E-state index contributed by atoms with van der Waals surface area (Å²) in [5.41, 5.74) is 4.87. The highest BCUT2D eigenvalue weighted by molar-refractivity contribution is 5.84. The maximum absolute atomic E-state index is 11.4. The molecule has 20 heavy (non-hydrogen) atoms. The fraction of sp³-hybridized carbons (Fsp3) is 0.938. The van der Waals surface area contributed by atoms with Crippen molar-refractivity contribution in [3.8, 4) is 0 Å². The van der Waals surface area contributed by atoms with Gasteiger partial charge in [0.05, 0.1) is 5.54 Å². The van der Waals surface area contributed by atoms with E-state index in [2.05, 4.69) is 12.2 Å². The molecule has 0 aliphatic carbocycles. The number of rotatable bonds is 14. The maximum atomic E-state index is 11.4. The first-order valence-corrected chi connectivity index (χ1v) is 8.19. The molecule has 1 unspecified atom stereocenters. The van der Waals surface area contributed by atoms with Gasteiger partial charge in [-0.15, -0.1) is 0 Å². The van der Waals surface area contributed by atoms with Gasteiger partial charge in [0.25, 0.3) is 0 Å². The van der Waals surface area contributed by atoms with Gasteiger partial charge in [-0.25, -0.2) is 0 Å². The molecule has 0 saturated carbocycles. The maximum Gasteiger partial charge on any atom is 0.237 e. The molecule has 0 spiro atoms. The summed E-state index contributed by atoms with van der Waals surface area (Å²) < 4.78 is 5.61.